The monoisotopic (exact) mass is 560 g/mol. The molecule has 10 heteroatoms. The van der Waals surface area contributed by atoms with Crippen molar-refractivity contribution in [3.63, 3.8) is 0 Å². The standard InChI is InChI=1S/C30H40O10/c1-5-25(31)37-17-20-14-21(18-38-26(32)6-2)24(22(15-20)19-39-27(33)7-3)16-28(34)40-23-10-8-9-12-30(4,13-11-23)29(35)36/h8,10,14-15,23H,5-7,9,11-13,16-19H2,1-4H3,(H,35,36)/b10-8+. The SMILES string of the molecule is CCC(=O)OCc1cc(COC(=O)CC)c(CC(=O)OC2/C=C/CCC(C)(C(=O)O)CC2)c(COC(=O)CC)c1. The van der Waals surface area contributed by atoms with Crippen molar-refractivity contribution < 1.29 is 48.0 Å². The van der Waals surface area contributed by atoms with Gasteiger partial charge in [0.1, 0.15) is 25.9 Å². The Morgan fingerprint density at radius 2 is 1.35 bits per heavy atom. The van der Waals surface area contributed by atoms with E-state index in [1.807, 2.05) is 6.08 Å². The van der Waals surface area contributed by atoms with Gasteiger partial charge in [-0.1, -0.05) is 26.8 Å². The molecule has 0 saturated heterocycles. The molecule has 1 aromatic rings. The van der Waals surface area contributed by atoms with Crippen LogP contribution in [0, 0.1) is 5.41 Å². The summed E-state index contributed by atoms with van der Waals surface area (Å²) in [6.45, 7) is 6.37. The summed E-state index contributed by atoms with van der Waals surface area (Å²) in [5, 5.41) is 9.63. The fourth-order valence-corrected chi connectivity index (χ4v) is 4.22. The number of hydrogen-bond donors (Lipinski definition) is 1. The van der Waals surface area contributed by atoms with Gasteiger partial charge in [-0.3, -0.25) is 24.0 Å². The van der Waals surface area contributed by atoms with Crippen molar-refractivity contribution in [1.82, 2.24) is 0 Å². The van der Waals surface area contributed by atoms with Crippen molar-refractivity contribution in [3.05, 3.63) is 46.5 Å². The lowest BCUT2D eigenvalue weighted by Gasteiger charge is -2.28. The summed E-state index contributed by atoms with van der Waals surface area (Å²) in [5.41, 5.74) is 1.16. The van der Waals surface area contributed by atoms with E-state index in [9.17, 15) is 29.1 Å². The maximum Gasteiger partial charge on any atom is 0.310 e. The zero-order valence-electron chi connectivity index (χ0n) is 23.8. The van der Waals surface area contributed by atoms with E-state index in [4.69, 9.17) is 18.9 Å². The molecule has 2 rings (SSSR count). The summed E-state index contributed by atoms with van der Waals surface area (Å²) in [6.07, 6.45) is 5.10. The van der Waals surface area contributed by atoms with Crippen LogP contribution in [0.25, 0.3) is 0 Å². The van der Waals surface area contributed by atoms with E-state index in [1.54, 1.807) is 45.9 Å². The van der Waals surface area contributed by atoms with Crippen LogP contribution in [0.2, 0.25) is 0 Å². The zero-order chi connectivity index (χ0) is 29.7. The molecule has 2 atom stereocenters. The van der Waals surface area contributed by atoms with Crippen LogP contribution in [0.15, 0.2) is 24.3 Å². The molecule has 0 aromatic heterocycles. The molecule has 1 N–H and O–H groups in total. The maximum absolute atomic E-state index is 13.1. The second kappa shape index (κ2) is 15.8. The van der Waals surface area contributed by atoms with Gasteiger partial charge in [-0.05, 0) is 73.1 Å². The van der Waals surface area contributed by atoms with Crippen LogP contribution in [0.1, 0.15) is 94.9 Å². The Hall–Kier alpha value is -3.69. The first-order chi connectivity index (χ1) is 19.0. The van der Waals surface area contributed by atoms with E-state index in [1.165, 1.54) is 0 Å². The third kappa shape index (κ3) is 10.1. The van der Waals surface area contributed by atoms with Gasteiger partial charge in [-0.25, -0.2) is 0 Å². The number of carboxylic acid groups (broad SMARTS) is 1. The highest BCUT2D eigenvalue weighted by Crippen LogP contribution is 2.33. The van der Waals surface area contributed by atoms with E-state index < -0.39 is 41.4 Å². The molecule has 2 unspecified atom stereocenters. The van der Waals surface area contributed by atoms with Gasteiger partial charge >= 0.3 is 29.8 Å². The van der Waals surface area contributed by atoms with Crippen LogP contribution < -0.4 is 0 Å². The first kappa shape index (κ1) is 32.5. The quantitative estimate of drug-likeness (QED) is 0.204. The molecule has 40 heavy (non-hydrogen) atoms. The topological polar surface area (TPSA) is 142 Å². The Morgan fingerprint density at radius 3 is 1.85 bits per heavy atom. The summed E-state index contributed by atoms with van der Waals surface area (Å²) in [6, 6.07) is 3.38. The molecular weight excluding hydrogens is 520 g/mol. The number of hydrogen-bond acceptors (Lipinski definition) is 9. The van der Waals surface area contributed by atoms with Crippen molar-refractivity contribution in [2.24, 2.45) is 5.41 Å². The third-order valence-electron chi connectivity index (χ3n) is 6.85. The Kier molecular flexibility index (Phi) is 12.8. The fraction of sp³-hybridized carbons (Fsp3) is 0.567. The minimum Gasteiger partial charge on any atom is -0.481 e. The Balaban J connectivity index is 2.35. The number of carboxylic acids is 1. The van der Waals surface area contributed by atoms with Gasteiger partial charge in [-0.2, -0.15) is 0 Å². The lowest BCUT2D eigenvalue weighted by Crippen LogP contribution is -2.30. The number of carbonyl (C=O) groups is 5. The molecule has 0 saturated carbocycles. The number of ether oxygens (including phenoxy) is 4. The third-order valence-corrected chi connectivity index (χ3v) is 6.85. The molecule has 0 spiro atoms. The summed E-state index contributed by atoms with van der Waals surface area (Å²) in [4.78, 5) is 60.5. The molecule has 0 heterocycles. The van der Waals surface area contributed by atoms with Crippen LogP contribution in [-0.4, -0.2) is 41.1 Å². The highest BCUT2D eigenvalue weighted by Gasteiger charge is 2.34. The normalized spacial score (nSPS) is 19.4. The minimum absolute atomic E-state index is 0.0456. The Morgan fingerprint density at radius 1 is 0.825 bits per heavy atom. The Bertz CT molecular complexity index is 1060. The van der Waals surface area contributed by atoms with Crippen LogP contribution in [0.3, 0.4) is 0 Å². The highest BCUT2D eigenvalue weighted by atomic mass is 16.5. The van der Waals surface area contributed by atoms with E-state index in [0.717, 1.165) is 0 Å². The van der Waals surface area contributed by atoms with Crippen molar-refractivity contribution in [3.8, 4) is 0 Å². The Labute approximate surface area is 235 Å². The number of benzene rings is 1. The van der Waals surface area contributed by atoms with E-state index in [2.05, 4.69) is 0 Å². The fourth-order valence-electron chi connectivity index (χ4n) is 4.22. The summed E-state index contributed by atoms with van der Waals surface area (Å²) in [5.74, 6) is -2.71. The number of aliphatic carboxylic acids is 1. The van der Waals surface area contributed by atoms with E-state index >= 15 is 0 Å². The van der Waals surface area contributed by atoms with Crippen LogP contribution in [0.4, 0.5) is 0 Å². The second-order valence-electron chi connectivity index (χ2n) is 10.0. The molecule has 10 nitrogen and oxygen atoms in total. The number of allylic oxidation sites excluding steroid dienone is 1. The number of rotatable bonds is 13. The molecule has 1 aliphatic carbocycles. The number of esters is 4. The smallest absolute Gasteiger partial charge is 0.310 e. The van der Waals surface area contributed by atoms with Gasteiger partial charge in [0.15, 0.2) is 0 Å². The van der Waals surface area contributed by atoms with E-state index in [-0.39, 0.29) is 45.5 Å². The molecule has 1 aliphatic rings. The van der Waals surface area contributed by atoms with Gasteiger partial charge in [0.2, 0.25) is 0 Å². The van der Waals surface area contributed by atoms with Gasteiger partial charge in [0.25, 0.3) is 0 Å². The molecule has 0 aliphatic heterocycles. The zero-order valence-corrected chi connectivity index (χ0v) is 23.8. The molecule has 0 fully saturated rings. The summed E-state index contributed by atoms with van der Waals surface area (Å²) >= 11 is 0. The lowest BCUT2D eigenvalue weighted by atomic mass is 9.79. The molecule has 220 valence electrons. The first-order valence-corrected chi connectivity index (χ1v) is 13.7. The van der Waals surface area contributed by atoms with Gasteiger partial charge in [-0.15, -0.1) is 0 Å². The molecule has 1 aromatic carbocycles. The molecular formula is C30H40O10. The summed E-state index contributed by atoms with van der Waals surface area (Å²) < 4.78 is 21.7. The summed E-state index contributed by atoms with van der Waals surface area (Å²) in [7, 11) is 0. The van der Waals surface area contributed by atoms with Gasteiger partial charge in [0.05, 0.1) is 11.8 Å². The molecule has 0 radical (unpaired) electrons. The highest BCUT2D eigenvalue weighted by molar-refractivity contribution is 5.75. The van der Waals surface area contributed by atoms with Gasteiger partial charge < -0.3 is 24.1 Å². The van der Waals surface area contributed by atoms with Crippen molar-refractivity contribution >= 4 is 29.8 Å². The average Bonchev–Trinajstić information content (AvgIpc) is 2.93. The number of carbonyl (C=O) groups excluding carboxylic acids is 4. The van der Waals surface area contributed by atoms with Crippen LogP contribution in [-0.2, 0) is 69.2 Å². The van der Waals surface area contributed by atoms with Crippen molar-refractivity contribution in [2.45, 2.75) is 105 Å². The molecule has 0 bridgehead atoms. The van der Waals surface area contributed by atoms with Crippen molar-refractivity contribution in [2.75, 3.05) is 0 Å². The minimum atomic E-state index is -0.904. The predicted molar refractivity (Wildman–Crippen MR) is 144 cm³/mol. The average molecular weight is 561 g/mol. The van der Waals surface area contributed by atoms with E-state index in [0.29, 0.717) is 47.9 Å². The van der Waals surface area contributed by atoms with Crippen LogP contribution in [0.5, 0.6) is 0 Å². The largest absolute Gasteiger partial charge is 0.481 e. The lowest BCUT2D eigenvalue weighted by molar-refractivity contribution is -0.150. The van der Waals surface area contributed by atoms with Crippen molar-refractivity contribution in [1.29, 1.82) is 0 Å². The van der Waals surface area contributed by atoms with Crippen LogP contribution >= 0.6 is 0 Å². The first-order valence-electron chi connectivity index (χ1n) is 13.7. The second-order valence-corrected chi connectivity index (χ2v) is 10.0. The van der Waals surface area contributed by atoms with Gasteiger partial charge in [0, 0.05) is 19.3 Å². The predicted octanol–water partition coefficient (Wildman–Crippen LogP) is 4.72. The maximum atomic E-state index is 13.1. The molecule has 0 amide bonds.